The van der Waals surface area contributed by atoms with E-state index in [-0.39, 0.29) is 53.1 Å². The average molecular weight is 672 g/mol. The summed E-state index contributed by atoms with van der Waals surface area (Å²) < 4.78 is 93.9. The summed E-state index contributed by atoms with van der Waals surface area (Å²) in [4.78, 5) is 32.7. The lowest BCUT2D eigenvalue weighted by Crippen LogP contribution is -2.63. The summed E-state index contributed by atoms with van der Waals surface area (Å²) in [5.41, 5.74) is 0.525. The van der Waals surface area contributed by atoms with Gasteiger partial charge in [-0.25, -0.2) is 4.57 Å². The lowest BCUT2D eigenvalue weighted by atomic mass is 9.66. The van der Waals surface area contributed by atoms with Gasteiger partial charge in [0.05, 0.1) is 42.1 Å². The maximum Gasteiger partial charge on any atom is 0.525 e. The summed E-state index contributed by atoms with van der Waals surface area (Å²) in [6.45, 7) is -1.40. The highest BCUT2D eigenvalue weighted by molar-refractivity contribution is 7.46. The zero-order valence-corrected chi connectivity index (χ0v) is 25.4. The van der Waals surface area contributed by atoms with Crippen molar-refractivity contribution in [3.05, 3.63) is 41.0 Å². The summed E-state index contributed by atoms with van der Waals surface area (Å²) in [7, 11) is -2.67. The number of phosphoric acid groups is 1. The number of carbonyl (C=O) groups is 1. The Morgan fingerprint density at radius 3 is 2.30 bits per heavy atom. The van der Waals surface area contributed by atoms with E-state index in [1.165, 1.54) is 39.3 Å². The first-order chi connectivity index (χ1) is 23.1. The van der Waals surface area contributed by atoms with E-state index in [1.807, 2.05) is 0 Å². The molecule has 17 heteroatoms. The molecule has 0 radical (unpaired) electrons. The van der Waals surface area contributed by atoms with Crippen LogP contribution in [0.25, 0.3) is 0 Å². The van der Waals surface area contributed by atoms with E-state index in [9.17, 15) is 30.7 Å². The molecule has 2 aromatic carbocycles. The summed E-state index contributed by atoms with van der Waals surface area (Å²) in [6, 6.07) is 5.62. The van der Waals surface area contributed by atoms with Crippen LogP contribution in [0.3, 0.4) is 0 Å². The van der Waals surface area contributed by atoms with Crippen LogP contribution in [0.2, 0.25) is 0 Å². The molecule has 10 atom stereocenters. The van der Waals surface area contributed by atoms with Gasteiger partial charge in [-0.05, 0) is 47.9 Å². The van der Waals surface area contributed by atoms with Crippen LogP contribution in [0, 0.1) is 11.8 Å². The van der Waals surface area contributed by atoms with Gasteiger partial charge in [0.25, 0.3) is 0 Å². The van der Waals surface area contributed by atoms with Crippen LogP contribution in [0.15, 0.2) is 24.3 Å². The number of hydrogen-bond acceptors (Lipinski definition) is 14. The quantitative estimate of drug-likeness (QED) is 0.240. The van der Waals surface area contributed by atoms with Crippen LogP contribution in [-0.4, -0.2) is 97.1 Å². The molecule has 3 saturated heterocycles. The number of fused-ring (bicyclic) bond motifs is 4. The van der Waals surface area contributed by atoms with Crippen LogP contribution in [0.1, 0.15) is 39.7 Å². The average Bonchev–Trinajstić information content (AvgIpc) is 3.66. The van der Waals surface area contributed by atoms with Crippen LogP contribution in [0.5, 0.6) is 28.7 Å². The van der Waals surface area contributed by atoms with Crippen molar-refractivity contribution in [1.82, 2.24) is 0 Å². The molecule has 7 rings (SSSR count). The predicted octanol–water partition coefficient (Wildman–Crippen LogP) is 1.10. The summed E-state index contributed by atoms with van der Waals surface area (Å²) in [5.74, 6) is -5.41. The lowest BCUT2D eigenvalue weighted by molar-refractivity contribution is -0.364. The van der Waals surface area contributed by atoms with Crippen molar-refractivity contribution in [1.29, 1.82) is 0 Å². The van der Waals surface area contributed by atoms with Gasteiger partial charge >= 0.3 is 13.8 Å². The Bertz CT molecular complexity index is 1680. The largest absolute Gasteiger partial charge is 0.525 e. The Morgan fingerprint density at radius 1 is 0.978 bits per heavy atom. The zero-order chi connectivity index (χ0) is 35.2. The Morgan fingerprint density at radius 2 is 1.65 bits per heavy atom. The van der Waals surface area contributed by atoms with E-state index >= 15 is 0 Å². The highest BCUT2D eigenvalue weighted by Crippen LogP contribution is 2.57. The molecule has 250 valence electrons. The fraction of sp³-hybridized carbons (Fsp3) is 0.552. The minimum Gasteiger partial charge on any atom is -0.493 e. The first-order valence-electron chi connectivity index (χ1n) is 15.7. The summed E-state index contributed by atoms with van der Waals surface area (Å²) >= 11 is 0. The molecule has 0 bridgehead atoms. The molecule has 2 aromatic rings. The highest BCUT2D eigenvalue weighted by atomic mass is 31.2. The smallest absolute Gasteiger partial charge is 0.493 e. The lowest BCUT2D eigenvalue weighted by Gasteiger charge is -2.47. The number of carbonyl (C=O) groups excluding carboxylic acids is 1. The third-order valence-electron chi connectivity index (χ3n) is 8.45. The summed E-state index contributed by atoms with van der Waals surface area (Å²) in [6.07, 6.45) is -10.1. The number of methoxy groups -OCH3 is 2. The molecule has 4 N–H and O–H groups in total. The Hall–Kier alpha value is -3.18. The molecular weight excluding hydrogens is 635 g/mol. The van der Waals surface area contributed by atoms with Crippen molar-refractivity contribution in [2.24, 2.45) is 11.8 Å². The number of esters is 1. The second-order valence-electron chi connectivity index (χ2n) is 11.1. The van der Waals surface area contributed by atoms with Crippen molar-refractivity contribution >= 4 is 13.8 Å². The van der Waals surface area contributed by atoms with Crippen molar-refractivity contribution in [3.8, 4) is 28.7 Å². The van der Waals surface area contributed by atoms with E-state index in [1.54, 1.807) is 6.07 Å². The van der Waals surface area contributed by atoms with E-state index in [2.05, 4.69) is 0 Å². The van der Waals surface area contributed by atoms with E-state index in [0.29, 0.717) is 0 Å². The molecule has 16 nitrogen and oxygen atoms in total. The number of benzene rings is 2. The highest BCUT2D eigenvalue weighted by Gasteiger charge is 2.56. The minimum absolute atomic E-state index is 0.0812. The second kappa shape index (κ2) is 11.8. The number of aliphatic hydroxyl groups is 2. The van der Waals surface area contributed by atoms with Crippen LogP contribution >= 0.6 is 7.82 Å². The number of phosphoric ester groups is 1. The first kappa shape index (κ1) is 27.9. The second-order valence-corrected chi connectivity index (χ2v) is 12.3. The molecule has 0 unspecified atom stereocenters. The number of rotatable bonds is 7. The molecule has 3 fully saturated rings. The monoisotopic (exact) mass is 671 g/mol. The van der Waals surface area contributed by atoms with E-state index in [4.69, 9.17) is 49.9 Å². The topological polar surface area (TPSA) is 207 Å². The van der Waals surface area contributed by atoms with Crippen molar-refractivity contribution in [2.75, 3.05) is 34.2 Å². The van der Waals surface area contributed by atoms with Gasteiger partial charge in [0.15, 0.2) is 35.6 Å². The zero-order valence-electron chi connectivity index (χ0n) is 27.6. The molecular formula is C29H33O16P. The van der Waals surface area contributed by atoms with Gasteiger partial charge in [0.2, 0.25) is 12.5 Å². The van der Waals surface area contributed by atoms with E-state index in [0.717, 1.165) is 0 Å². The third kappa shape index (κ3) is 5.37. The Kier molecular flexibility index (Phi) is 7.16. The number of hydrogen-bond donors (Lipinski definition) is 4. The molecule has 5 aliphatic rings. The first-order valence-corrected chi connectivity index (χ1v) is 15.7. The van der Waals surface area contributed by atoms with Gasteiger partial charge in [-0.15, -0.1) is 0 Å². The SMILES string of the molecule is [2H]C1([2H])O[C@@H](C)O[C@H]2[C@H](O)[C@@H](O)[C@H](O[C@@H]3c4cc5c(cc4[C@@]([2H])(c4cc(OC)c(OP(=O)(O)O)c(OC)c4)[C@H]4C(=O)OC[C@H]34)OCO5)O[C@@H]21. The van der Waals surface area contributed by atoms with Gasteiger partial charge in [-0.1, -0.05) is 0 Å². The maximum atomic E-state index is 13.6. The van der Waals surface area contributed by atoms with Gasteiger partial charge in [-0.2, -0.15) is 0 Å². The summed E-state index contributed by atoms with van der Waals surface area (Å²) in [5, 5.41) is 22.2. The molecule has 1 aliphatic carbocycles. The number of ether oxygens (including phenoxy) is 9. The fourth-order valence-electron chi connectivity index (χ4n) is 6.46. The third-order valence-corrected chi connectivity index (χ3v) is 8.87. The molecule has 0 saturated carbocycles. The van der Waals surface area contributed by atoms with Crippen LogP contribution < -0.4 is 23.5 Å². The fourth-order valence-corrected chi connectivity index (χ4v) is 6.88. The Labute approximate surface area is 266 Å². The Balaban J connectivity index is 1.36. The molecule has 0 spiro atoms. The van der Waals surface area contributed by atoms with Crippen LogP contribution in [-0.2, 0) is 33.0 Å². The van der Waals surface area contributed by atoms with Crippen molar-refractivity contribution in [2.45, 2.75) is 55.9 Å². The molecule has 4 aliphatic heterocycles. The molecule has 4 heterocycles. The maximum absolute atomic E-state index is 13.6. The van der Waals surface area contributed by atoms with Gasteiger partial charge in [0, 0.05) is 13.2 Å². The molecule has 0 aromatic heterocycles. The number of aliphatic hydroxyl groups excluding tert-OH is 2. The predicted molar refractivity (Wildman–Crippen MR) is 149 cm³/mol. The van der Waals surface area contributed by atoms with Gasteiger partial charge < -0.3 is 57.4 Å². The molecule has 46 heavy (non-hydrogen) atoms. The van der Waals surface area contributed by atoms with Gasteiger partial charge in [-0.3, -0.25) is 14.6 Å². The van der Waals surface area contributed by atoms with E-state index < -0.39 is 86.9 Å². The van der Waals surface area contributed by atoms with Crippen molar-refractivity contribution < 1.29 is 80.6 Å². The van der Waals surface area contributed by atoms with Crippen molar-refractivity contribution in [3.63, 3.8) is 0 Å². The standard InChI is InChI=1S/C29H33O16P/c1-11-38-9-20-27(42-11)23(30)24(31)29(43-20)44-25-14-7-17-16(40-10-41-17)6-13(14)21(22-15(25)8-39-28(22)32)12-4-18(36-2)26(19(5-12)37-3)45-46(33,34)35/h4-7,11,15,20-25,27,29-31H,8-10H2,1-3H3,(H2,33,34,35)/t11-,15+,20-,21-,22+,23-,24-,25-,27-,29+/m1/s1/i9D2,21D. The number of cyclic esters (lactones) is 1. The normalized spacial score (nSPS) is 38.3. The minimum atomic E-state index is -5.10. The molecule has 0 amide bonds. The van der Waals surface area contributed by atoms with Gasteiger partial charge in [0.1, 0.15) is 24.4 Å². The van der Waals surface area contributed by atoms with Crippen LogP contribution in [0.4, 0.5) is 0 Å².